The van der Waals surface area contributed by atoms with Crippen LogP contribution in [0.25, 0.3) is 0 Å². The summed E-state index contributed by atoms with van der Waals surface area (Å²) in [5.74, 6) is 1.10. The van der Waals surface area contributed by atoms with Gasteiger partial charge in [0, 0.05) is 18.0 Å². The largest absolute Gasteiger partial charge is 0.342 e. The highest BCUT2D eigenvalue weighted by molar-refractivity contribution is 7.91. The van der Waals surface area contributed by atoms with Crippen molar-refractivity contribution in [1.82, 2.24) is 4.90 Å². The SMILES string of the molecule is CC1CN(C(=O)Cc2ccc(S(N)(=O)=O)s2)CC1C. The Hall–Kier alpha value is -0.920. The van der Waals surface area contributed by atoms with E-state index in [2.05, 4.69) is 13.8 Å². The molecule has 0 radical (unpaired) electrons. The quantitative estimate of drug-likeness (QED) is 0.906. The molecule has 2 heterocycles. The highest BCUT2D eigenvalue weighted by Gasteiger charge is 2.29. The van der Waals surface area contributed by atoms with Crippen molar-refractivity contribution in [3.63, 3.8) is 0 Å². The minimum atomic E-state index is -3.66. The molecule has 2 rings (SSSR count). The van der Waals surface area contributed by atoms with E-state index in [-0.39, 0.29) is 16.5 Å². The van der Waals surface area contributed by atoms with Crippen LogP contribution in [-0.2, 0) is 21.2 Å². The van der Waals surface area contributed by atoms with E-state index in [1.54, 1.807) is 6.07 Å². The third-order valence-electron chi connectivity index (χ3n) is 3.58. The fourth-order valence-corrected chi connectivity index (χ4v) is 3.97. The van der Waals surface area contributed by atoms with E-state index in [9.17, 15) is 13.2 Å². The number of primary sulfonamides is 1. The predicted molar refractivity (Wildman–Crippen MR) is 74.3 cm³/mol. The van der Waals surface area contributed by atoms with Gasteiger partial charge in [-0.15, -0.1) is 11.3 Å². The Labute approximate surface area is 117 Å². The predicted octanol–water partition coefficient (Wildman–Crippen LogP) is 1.05. The Kier molecular flexibility index (Phi) is 3.98. The zero-order valence-electron chi connectivity index (χ0n) is 11.0. The minimum Gasteiger partial charge on any atom is -0.342 e. The molecule has 1 fully saturated rings. The van der Waals surface area contributed by atoms with Crippen LogP contribution < -0.4 is 5.14 Å². The molecule has 19 heavy (non-hydrogen) atoms. The Morgan fingerprint density at radius 2 is 1.95 bits per heavy atom. The second kappa shape index (κ2) is 5.22. The Morgan fingerprint density at radius 1 is 1.37 bits per heavy atom. The van der Waals surface area contributed by atoms with Gasteiger partial charge >= 0.3 is 0 Å². The van der Waals surface area contributed by atoms with Crippen molar-refractivity contribution >= 4 is 27.3 Å². The molecule has 0 saturated carbocycles. The third-order valence-corrected chi connectivity index (χ3v) is 6.11. The van der Waals surface area contributed by atoms with E-state index in [0.717, 1.165) is 29.3 Å². The molecule has 1 saturated heterocycles. The van der Waals surface area contributed by atoms with Crippen molar-refractivity contribution < 1.29 is 13.2 Å². The molecule has 2 N–H and O–H groups in total. The first-order valence-electron chi connectivity index (χ1n) is 6.16. The molecule has 7 heteroatoms. The summed E-state index contributed by atoms with van der Waals surface area (Å²) >= 11 is 1.07. The lowest BCUT2D eigenvalue weighted by atomic mass is 10.0. The minimum absolute atomic E-state index is 0.0546. The second-order valence-electron chi connectivity index (χ2n) is 5.20. The van der Waals surface area contributed by atoms with Gasteiger partial charge in [0.25, 0.3) is 0 Å². The van der Waals surface area contributed by atoms with Crippen LogP contribution in [0.3, 0.4) is 0 Å². The number of carbonyl (C=O) groups is 1. The molecule has 1 aromatic rings. The first kappa shape index (κ1) is 14.5. The van der Waals surface area contributed by atoms with Crippen LogP contribution in [0.5, 0.6) is 0 Å². The standard InChI is InChI=1S/C12H18N2O3S2/c1-8-6-14(7-9(8)2)11(15)5-10-3-4-12(18-10)19(13,16)17/h3-4,8-9H,5-7H2,1-2H3,(H2,13,16,17). The lowest BCUT2D eigenvalue weighted by molar-refractivity contribution is -0.129. The normalized spacial score (nSPS) is 23.8. The maximum Gasteiger partial charge on any atom is 0.247 e. The topological polar surface area (TPSA) is 80.5 Å². The molecule has 1 aliphatic heterocycles. The monoisotopic (exact) mass is 302 g/mol. The molecule has 5 nitrogen and oxygen atoms in total. The van der Waals surface area contributed by atoms with Crippen molar-refractivity contribution in [2.24, 2.45) is 17.0 Å². The molecular weight excluding hydrogens is 284 g/mol. The molecule has 2 unspecified atom stereocenters. The van der Waals surface area contributed by atoms with Gasteiger partial charge < -0.3 is 4.90 Å². The molecule has 0 aromatic carbocycles. The molecule has 2 atom stereocenters. The number of hydrogen-bond donors (Lipinski definition) is 1. The first-order valence-corrected chi connectivity index (χ1v) is 8.53. The zero-order valence-corrected chi connectivity index (χ0v) is 12.6. The second-order valence-corrected chi connectivity index (χ2v) is 8.15. The Morgan fingerprint density at radius 3 is 2.42 bits per heavy atom. The van der Waals surface area contributed by atoms with Gasteiger partial charge in [0.05, 0.1) is 6.42 Å². The summed E-state index contributed by atoms with van der Waals surface area (Å²) in [5.41, 5.74) is 0. The van der Waals surface area contributed by atoms with Crippen molar-refractivity contribution in [3.8, 4) is 0 Å². The Balaban J connectivity index is 2.02. The number of likely N-dealkylation sites (tertiary alicyclic amines) is 1. The van der Waals surface area contributed by atoms with E-state index >= 15 is 0 Å². The van der Waals surface area contributed by atoms with Crippen LogP contribution in [0.1, 0.15) is 18.7 Å². The van der Waals surface area contributed by atoms with E-state index in [1.807, 2.05) is 4.90 Å². The van der Waals surface area contributed by atoms with Crippen molar-refractivity contribution in [2.45, 2.75) is 24.5 Å². The number of carbonyl (C=O) groups excluding carboxylic acids is 1. The average molecular weight is 302 g/mol. The molecule has 1 aromatic heterocycles. The highest BCUT2D eigenvalue weighted by atomic mass is 32.2. The van der Waals surface area contributed by atoms with E-state index in [0.29, 0.717) is 11.8 Å². The maximum absolute atomic E-state index is 12.1. The summed E-state index contributed by atoms with van der Waals surface area (Å²) < 4.78 is 22.4. The number of nitrogens with zero attached hydrogens (tertiary/aromatic N) is 1. The van der Waals surface area contributed by atoms with Gasteiger partial charge in [0.1, 0.15) is 4.21 Å². The molecule has 1 amide bonds. The number of hydrogen-bond acceptors (Lipinski definition) is 4. The lowest BCUT2D eigenvalue weighted by Gasteiger charge is -2.15. The summed E-state index contributed by atoms with van der Waals surface area (Å²) in [5, 5.41) is 5.05. The Bertz CT molecular complexity index is 570. The first-order chi connectivity index (χ1) is 8.77. The summed E-state index contributed by atoms with van der Waals surface area (Å²) in [6, 6.07) is 3.11. The number of thiophene rings is 1. The number of amides is 1. The van der Waals surface area contributed by atoms with Gasteiger partial charge in [-0.3, -0.25) is 4.79 Å². The van der Waals surface area contributed by atoms with Crippen molar-refractivity contribution in [2.75, 3.05) is 13.1 Å². The van der Waals surface area contributed by atoms with Crippen LogP contribution in [0.4, 0.5) is 0 Å². The average Bonchev–Trinajstić information content (AvgIpc) is 2.86. The number of sulfonamides is 1. The summed E-state index contributed by atoms with van der Waals surface area (Å²) in [7, 11) is -3.66. The summed E-state index contributed by atoms with van der Waals surface area (Å²) in [4.78, 5) is 14.7. The van der Waals surface area contributed by atoms with Crippen LogP contribution >= 0.6 is 11.3 Å². The molecule has 106 valence electrons. The van der Waals surface area contributed by atoms with Gasteiger partial charge in [0.2, 0.25) is 15.9 Å². The highest BCUT2D eigenvalue weighted by Crippen LogP contribution is 2.25. The molecule has 0 bridgehead atoms. The van der Waals surface area contributed by atoms with Crippen LogP contribution in [0.15, 0.2) is 16.3 Å². The van der Waals surface area contributed by atoms with Gasteiger partial charge in [-0.25, -0.2) is 13.6 Å². The molecule has 0 spiro atoms. The summed E-state index contributed by atoms with van der Waals surface area (Å²) in [6.45, 7) is 5.85. The van der Waals surface area contributed by atoms with E-state index in [1.165, 1.54) is 6.07 Å². The smallest absolute Gasteiger partial charge is 0.247 e. The number of rotatable bonds is 3. The molecule has 1 aliphatic rings. The zero-order chi connectivity index (χ0) is 14.2. The van der Waals surface area contributed by atoms with Crippen molar-refractivity contribution in [3.05, 3.63) is 17.0 Å². The fraction of sp³-hybridized carbons (Fsp3) is 0.583. The summed E-state index contributed by atoms with van der Waals surface area (Å²) in [6.07, 6.45) is 0.250. The maximum atomic E-state index is 12.1. The number of nitrogens with two attached hydrogens (primary N) is 1. The van der Waals surface area contributed by atoms with Crippen molar-refractivity contribution in [1.29, 1.82) is 0 Å². The molecular formula is C12H18N2O3S2. The van der Waals surface area contributed by atoms with E-state index in [4.69, 9.17) is 5.14 Å². The lowest BCUT2D eigenvalue weighted by Crippen LogP contribution is -2.30. The van der Waals surface area contributed by atoms with Gasteiger partial charge in [-0.1, -0.05) is 13.8 Å². The van der Waals surface area contributed by atoms with Crippen LogP contribution in [-0.4, -0.2) is 32.3 Å². The van der Waals surface area contributed by atoms with Gasteiger partial charge in [-0.05, 0) is 24.0 Å². The third kappa shape index (κ3) is 3.34. The fourth-order valence-electron chi connectivity index (χ4n) is 2.20. The van der Waals surface area contributed by atoms with Crippen LogP contribution in [0, 0.1) is 11.8 Å². The van der Waals surface area contributed by atoms with Gasteiger partial charge in [0.15, 0.2) is 0 Å². The van der Waals surface area contributed by atoms with Gasteiger partial charge in [-0.2, -0.15) is 0 Å². The van der Waals surface area contributed by atoms with E-state index < -0.39 is 10.0 Å². The van der Waals surface area contributed by atoms with Crippen LogP contribution in [0.2, 0.25) is 0 Å². The molecule has 0 aliphatic carbocycles.